The number of amides is 3. The van der Waals surface area contributed by atoms with E-state index in [1.54, 1.807) is 20.8 Å². The van der Waals surface area contributed by atoms with Crippen LogP contribution in [0.2, 0.25) is 0 Å². The number of benzene rings is 2. The lowest BCUT2D eigenvalue weighted by Crippen LogP contribution is -2.39. The SMILES string of the molecule is CC(C)N1C(=O)N(c2cc(O[C@@H](C)C(F)(F)F)c(C(=O)Nc3ccccc3F)cc2F)NC1C. The van der Waals surface area contributed by atoms with Crippen molar-refractivity contribution in [1.82, 2.24) is 10.3 Å². The molecule has 34 heavy (non-hydrogen) atoms. The van der Waals surface area contributed by atoms with E-state index in [0.717, 1.165) is 17.1 Å². The Labute approximate surface area is 192 Å². The number of hydrazine groups is 1. The Kier molecular flexibility index (Phi) is 7.01. The van der Waals surface area contributed by atoms with Gasteiger partial charge in [0.15, 0.2) is 6.10 Å². The van der Waals surface area contributed by atoms with Gasteiger partial charge >= 0.3 is 12.2 Å². The molecular formula is C22H23F5N4O3. The summed E-state index contributed by atoms with van der Waals surface area (Å²) in [5, 5.41) is 3.02. The zero-order valence-electron chi connectivity index (χ0n) is 18.7. The van der Waals surface area contributed by atoms with Crippen molar-refractivity contribution in [2.45, 2.75) is 52.2 Å². The first-order valence-corrected chi connectivity index (χ1v) is 10.3. The molecule has 0 bridgehead atoms. The van der Waals surface area contributed by atoms with Crippen molar-refractivity contribution in [3.63, 3.8) is 0 Å². The largest absolute Gasteiger partial charge is 0.480 e. The number of anilines is 2. The molecule has 7 nitrogen and oxygen atoms in total. The van der Waals surface area contributed by atoms with Gasteiger partial charge in [-0.1, -0.05) is 12.1 Å². The number of ether oxygens (including phenoxy) is 1. The monoisotopic (exact) mass is 486 g/mol. The van der Waals surface area contributed by atoms with Gasteiger partial charge in [0.2, 0.25) is 0 Å². The van der Waals surface area contributed by atoms with Crippen LogP contribution < -0.4 is 20.5 Å². The molecule has 1 aliphatic rings. The molecule has 3 rings (SSSR count). The van der Waals surface area contributed by atoms with Crippen molar-refractivity contribution >= 4 is 23.3 Å². The van der Waals surface area contributed by atoms with Gasteiger partial charge in [-0.2, -0.15) is 13.2 Å². The van der Waals surface area contributed by atoms with Crippen molar-refractivity contribution in [3.05, 3.63) is 53.6 Å². The second-order valence-electron chi connectivity index (χ2n) is 7.96. The first kappa shape index (κ1) is 25.2. The predicted octanol–water partition coefficient (Wildman–Crippen LogP) is 5.05. The number of para-hydroxylation sites is 1. The van der Waals surface area contributed by atoms with Gasteiger partial charge in [-0.05, 0) is 45.9 Å². The Hall–Kier alpha value is -3.41. The van der Waals surface area contributed by atoms with Crippen LogP contribution in [0.25, 0.3) is 0 Å². The lowest BCUT2D eigenvalue weighted by Gasteiger charge is -2.24. The fourth-order valence-corrected chi connectivity index (χ4v) is 3.42. The number of rotatable bonds is 6. The lowest BCUT2D eigenvalue weighted by molar-refractivity contribution is -0.189. The second-order valence-corrected chi connectivity index (χ2v) is 7.96. The molecule has 2 aromatic carbocycles. The average molecular weight is 486 g/mol. The summed E-state index contributed by atoms with van der Waals surface area (Å²) in [6.07, 6.45) is -7.69. The second kappa shape index (κ2) is 9.45. The Morgan fingerprint density at radius 1 is 1.12 bits per heavy atom. The first-order valence-electron chi connectivity index (χ1n) is 10.3. The van der Waals surface area contributed by atoms with Crippen LogP contribution in [0.4, 0.5) is 38.1 Å². The summed E-state index contributed by atoms with van der Waals surface area (Å²) in [6, 6.07) is 5.67. The Balaban J connectivity index is 2.04. The minimum Gasteiger partial charge on any atom is -0.480 e. The number of hydrogen-bond acceptors (Lipinski definition) is 4. The van der Waals surface area contributed by atoms with E-state index in [-0.39, 0.29) is 11.7 Å². The number of alkyl halides is 3. The molecule has 1 saturated heterocycles. The highest BCUT2D eigenvalue weighted by Crippen LogP contribution is 2.34. The van der Waals surface area contributed by atoms with E-state index < -0.39 is 59.0 Å². The summed E-state index contributed by atoms with van der Waals surface area (Å²) in [5.74, 6) is -3.61. The van der Waals surface area contributed by atoms with Gasteiger partial charge in [-0.15, -0.1) is 0 Å². The number of nitrogens with zero attached hydrogens (tertiary/aromatic N) is 2. The van der Waals surface area contributed by atoms with E-state index in [1.165, 1.54) is 23.1 Å². The zero-order chi connectivity index (χ0) is 25.4. The van der Waals surface area contributed by atoms with Crippen LogP contribution in [0.1, 0.15) is 38.1 Å². The normalized spacial score (nSPS) is 17.4. The number of halogens is 5. The van der Waals surface area contributed by atoms with Gasteiger partial charge in [0.1, 0.15) is 23.1 Å². The van der Waals surface area contributed by atoms with E-state index >= 15 is 4.39 Å². The Morgan fingerprint density at radius 3 is 2.32 bits per heavy atom. The zero-order valence-corrected chi connectivity index (χ0v) is 18.7. The van der Waals surface area contributed by atoms with E-state index in [1.807, 2.05) is 0 Å². The lowest BCUT2D eigenvalue weighted by atomic mass is 10.1. The first-order chi connectivity index (χ1) is 15.8. The van der Waals surface area contributed by atoms with Crippen LogP contribution in [0, 0.1) is 11.6 Å². The molecule has 0 radical (unpaired) electrons. The van der Waals surface area contributed by atoms with Crippen LogP contribution in [0.15, 0.2) is 36.4 Å². The molecule has 1 heterocycles. The maximum Gasteiger partial charge on any atom is 0.425 e. The molecule has 1 aliphatic heterocycles. The number of nitrogens with one attached hydrogen (secondary N) is 2. The molecule has 0 aromatic heterocycles. The van der Waals surface area contributed by atoms with E-state index in [0.29, 0.717) is 13.0 Å². The molecule has 1 unspecified atom stereocenters. The van der Waals surface area contributed by atoms with Crippen LogP contribution in [0.5, 0.6) is 5.75 Å². The van der Waals surface area contributed by atoms with Crippen molar-refractivity contribution in [1.29, 1.82) is 0 Å². The molecule has 2 aromatic rings. The van der Waals surface area contributed by atoms with Gasteiger partial charge in [0.05, 0.1) is 17.4 Å². The summed E-state index contributed by atoms with van der Waals surface area (Å²) in [6.45, 7) is 5.84. The van der Waals surface area contributed by atoms with Gasteiger partial charge in [0, 0.05) is 12.1 Å². The fraction of sp³-hybridized carbons (Fsp3) is 0.364. The minimum absolute atomic E-state index is 0.255. The quantitative estimate of drug-likeness (QED) is 0.561. The summed E-state index contributed by atoms with van der Waals surface area (Å²) in [7, 11) is 0. The Morgan fingerprint density at radius 2 is 1.76 bits per heavy atom. The molecule has 12 heteroatoms. The predicted molar refractivity (Wildman–Crippen MR) is 114 cm³/mol. The molecule has 1 fully saturated rings. The van der Waals surface area contributed by atoms with E-state index in [2.05, 4.69) is 10.7 Å². The summed E-state index contributed by atoms with van der Waals surface area (Å²) in [4.78, 5) is 26.9. The topological polar surface area (TPSA) is 73.9 Å². The standard InChI is InChI=1S/C22H23F5N4O3/c1-11(2)30-13(4)29-31(21(30)33)18-10-19(34-12(3)22(25,26)27)14(9-16(18)24)20(32)28-17-8-6-5-7-15(17)23/h5-13,29H,1-4H3,(H,28,32)/t12-,13?/m0/s1. The molecule has 2 N–H and O–H groups in total. The van der Waals surface area contributed by atoms with Gasteiger partial charge < -0.3 is 15.0 Å². The van der Waals surface area contributed by atoms with Gasteiger partial charge in [0.25, 0.3) is 5.91 Å². The number of hydrogen-bond donors (Lipinski definition) is 2. The summed E-state index contributed by atoms with van der Waals surface area (Å²) < 4.78 is 73.5. The summed E-state index contributed by atoms with van der Waals surface area (Å²) in [5.41, 5.74) is 1.43. The highest BCUT2D eigenvalue weighted by molar-refractivity contribution is 6.07. The fourth-order valence-electron chi connectivity index (χ4n) is 3.42. The number of carbonyl (C=O) groups is 2. The summed E-state index contributed by atoms with van der Waals surface area (Å²) >= 11 is 0. The third-order valence-electron chi connectivity index (χ3n) is 5.12. The van der Waals surface area contributed by atoms with Crippen LogP contribution in [0.3, 0.4) is 0 Å². The molecule has 0 aliphatic carbocycles. The van der Waals surface area contributed by atoms with Crippen molar-refractivity contribution in [3.8, 4) is 5.75 Å². The maximum atomic E-state index is 15.1. The number of carbonyl (C=O) groups excluding carboxylic acids is 2. The van der Waals surface area contributed by atoms with Crippen LogP contribution in [-0.4, -0.2) is 41.3 Å². The highest BCUT2D eigenvalue weighted by Gasteiger charge is 2.41. The van der Waals surface area contributed by atoms with Crippen LogP contribution in [-0.2, 0) is 0 Å². The molecule has 3 amide bonds. The maximum absolute atomic E-state index is 15.1. The van der Waals surface area contributed by atoms with E-state index in [4.69, 9.17) is 4.74 Å². The van der Waals surface area contributed by atoms with Gasteiger partial charge in [-0.25, -0.2) is 24.0 Å². The highest BCUT2D eigenvalue weighted by atomic mass is 19.4. The Bertz CT molecular complexity index is 1090. The third-order valence-corrected chi connectivity index (χ3v) is 5.12. The molecule has 2 atom stereocenters. The molecule has 0 saturated carbocycles. The number of urea groups is 1. The average Bonchev–Trinajstić information content (AvgIpc) is 3.03. The molecular weight excluding hydrogens is 463 g/mol. The third kappa shape index (κ3) is 5.06. The van der Waals surface area contributed by atoms with Crippen molar-refractivity contribution < 1.29 is 36.3 Å². The van der Waals surface area contributed by atoms with E-state index in [9.17, 15) is 27.2 Å². The molecule has 0 spiro atoms. The van der Waals surface area contributed by atoms with Crippen LogP contribution >= 0.6 is 0 Å². The smallest absolute Gasteiger partial charge is 0.425 e. The minimum atomic E-state index is -4.79. The van der Waals surface area contributed by atoms with Crippen molar-refractivity contribution in [2.75, 3.05) is 10.3 Å². The van der Waals surface area contributed by atoms with Crippen molar-refractivity contribution in [2.24, 2.45) is 0 Å². The van der Waals surface area contributed by atoms with Gasteiger partial charge in [-0.3, -0.25) is 4.79 Å². The molecule has 184 valence electrons.